The molecule has 0 heterocycles. The van der Waals surface area contributed by atoms with Crippen LogP contribution in [0.3, 0.4) is 0 Å². The fraction of sp³-hybridized carbons (Fsp3) is 0.571. The molecule has 0 spiro atoms. The number of aliphatic carboxylic acids is 1. The minimum Gasteiger partial charge on any atom is -0.481 e. The Morgan fingerprint density at radius 3 is 2.71 bits per heavy atom. The molecule has 0 atom stereocenters. The van der Waals surface area contributed by atoms with Crippen molar-refractivity contribution >= 4 is 11.8 Å². The molecule has 0 aromatic heterocycles. The number of Topliss-reactive ketones (excluding diaryl/α,β-unsaturated/α-hetero) is 1. The average Bonchev–Trinajstić information content (AvgIpc) is 2.68. The van der Waals surface area contributed by atoms with Crippen LogP contribution in [0.2, 0.25) is 0 Å². The summed E-state index contributed by atoms with van der Waals surface area (Å²) in [5, 5.41) is 8.45. The van der Waals surface area contributed by atoms with Crippen molar-refractivity contribution in [1.29, 1.82) is 0 Å². The Balaban J connectivity index is 1.99. The number of carboxylic acids is 1. The van der Waals surface area contributed by atoms with Crippen molar-refractivity contribution in [3.05, 3.63) is 23.8 Å². The SMILES string of the molecule is O=C(O)CCCCCCC=CC1=CCCC1=O. The lowest BCUT2D eigenvalue weighted by molar-refractivity contribution is -0.137. The first-order valence-corrected chi connectivity index (χ1v) is 6.32. The number of allylic oxidation sites excluding steroid dienone is 4. The van der Waals surface area contributed by atoms with Crippen LogP contribution in [0.25, 0.3) is 0 Å². The zero-order chi connectivity index (χ0) is 12.5. The smallest absolute Gasteiger partial charge is 0.303 e. The maximum absolute atomic E-state index is 11.3. The Labute approximate surface area is 102 Å². The van der Waals surface area contributed by atoms with Crippen LogP contribution in [0, 0.1) is 0 Å². The van der Waals surface area contributed by atoms with E-state index in [0.29, 0.717) is 6.42 Å². The molecule has 3 heteroatoms. The molecule has 0 radical (unpaired) electrons. The lowest BCUT2D eigenvalue weighted by atomic mass is 10.1. The molecule has 0 fully saturated rings. The molecule has 1 N–H and O–H groups in total. The molecule has 0 saturated carbocycles. The standard InChI is InChI=1S/C14H20O3/c15-13-10-7-9-12(13)8-5-3-1-2-4-6-11-14(16)17/h5,8-9H,1-4,6-7,10-11H2,(H,16,17). The molecule has 0 aliphatic heterocycles. The fourth-order valence-corrected chi connectivity index (χ4v) is 1.88. The van der Waals surface area contributed by atoms with Gasteiger partial charge in [-0.2, -0.15) is 0 Å². The molecule has 0 aromatic carbocycles. The minimum atomic E-state index is -0.712. The number of hydrogen-bond acceptors (Lipinski definition) is 2. The quantitative estimate of drug-likeness (QED) is 0.658. The van der Waals surface area contributed by atoms with Crippen LogP contribution < -0.4 is 0 Å². The van der Waals surface area contributed by atoms with Crippen LogP contribution in [0.5, 0.6) is 0 Å². The van der Waals surface area contributed by atoms with Crippen molar-refractivity contribution < 1.29 is 14.7 Å². The second kappa shape index (κ2) is 7.82. The van der Waals surface area contributed by atoms with E-state index in [4.69, 9.17) is 5.11 Å². The zero-order valence-electron chi connectivity index (χ0n) is 10.2. The van der Waals surface area contributed by atoms with Crippen molar-refractivity contribution in [3.8, 4) is 0 Å². The number of carbonyl (C=O) groups excluding carboxylic acids is 1. The van der Waals surface area contributed by atoms with Crippen molar-refractivity contribution in [2.24, 2.45) is 0 Å². The number of rotatable bonds is 8. The number of carboxylic acid groups (broad SMARTS) is 1. The first kappa shape index (κ1) is 13.7. The number of carbonyl (C=O) groups is 2. The van der Waals surface area contributed by atoms with Gasteiger partial charge in [0.1, 0.15) is 0 Å². The van der Waals surface area contributed by atoms with E-state index in [2.05, 4.69) is 0 Å². The maximum atomic E-state index is 11.3. The maximum Gasteiger partial charge on any atom is 0.303 e. The van der Waals surface area contributed by atoms with Gasteiger partial charge in [-0.3, -0.25) is 9.59 Å². The zero-order valence-corrected chi connectivity index (χ0v) is 10.2. The number of ketones is 1. The van der Waals surface area contributed by atoms with E-state index in [0.717, 1.165) is 44.1 Å². The van der Waals surface area contributed by atoms with Crippen LogP contribution in [0.4, 0.5) is 0 Å². The van der Waals surface area contributed by atoms with Gasteiger partial charge in [0.25, 0.3) is 0 Å². The highest BCUT2D eigenvalue weighted by atomic mass is 16.4. The van der Waals surface area contributed by atoms with Gasteiger partial charge >= 0.3 is 5.97 Å². The van der Waals surface area contributed by atoms with E-state index in [-0.39, 0.29) is 12.2 Å². The highest BCUT2D eigenvalue weighted by Crippen LogP contribution is 2.15. The Morgan fingerprint density at radius 1 is 1.29 bits per heavy atom. The van der Waals surface area contributed by atoms with Gasteiger partial charge < -0.3 is 5.11 Å². The predicted octanol–water partition coefficient (Wildman–Crippen LogP) is 3.26. The van der Waals surface area contributed by atoms with Gasteiger partial charge in [0.15, 0.2) is 5.78 Å². The van der Waals surface area contributed by atoms with Crippen LogP contribution >= 0.6 is 0 Å². The molecule has 17 heavy (non-hydrogen) atoms. The monoisotopic (exact) mass is 236 g/mol. The van der Waals surface area contributed by atoms with Gasteiger partial charge in [0.2, 0.25) is 0 Å². The van der Waals surface area contributed by atoms with Gasteiger partial charge in [-0.25, -0.2) is 0 Å². The molecular formula is C14H20O3. The Bertz CT molecular complexity index is 326. The predicted molar refractivity (Wildman–Crippen MR) is 66.8 cm³/mol. The van der Waals surface area contributed by atoms with Crippen LogP contribution in [0.1, 0.15) is 51.4 Å². The fourth-order valence-electron chi connectivity index (χ4n) is 1.88. The minimum absolute atomic E-state index is 0.253. The van der Waals surface area contributed by atoms with Gasteiger partial charge in [-0.05, 0) is 25.7 Å². The normalized spacial score (nSPS) is 15.5. The highest BCUT2D eigenvalue weighted by Gasteiger charge is 2.10. The van der Waals surface area contributed by atoms with Gasteiger partial charge in [-0.15, -0.1) is 0 Å². The van der Waals surface area contributed by atoms with Crippen molar-refractivity contribution in [3.63, 3.8) is 0 Å². The summed E-state index contributed by atoms with van der Waals surface area (Å²) in [5.41, 5.74) is 0.857. The van der Waals surface area contributed by atoms with Gasteiger partial charge in [-0.1, -0.05) is 31.1 Å². The average molecular weight is 236 g/mol. The molecule has 1 aliphatic carbocycles. The second-order valence-corrected chi connectivity index (χ2v) is 4.37. The third-order valence-electron chi connectivity index (χ3n) is 2.87. The largest absolute Gasteiger partial charge is 0.481 e. The van der Waals surface area contributed by atoms with Crippen molar-refractivity contribution in [2.75, 3.05) is 0 Å². The van der Waals surface area contributed by atoms with Crippen LogP contribution in [-0.4, -0.2) is 16.9 Å². The lowest BCUT2D eigenvalue weighted by Gasteiger charge is -1.97. The topological polar surface area (TPSA) is 54.4 Å². The molecule has 94 valence electrons. The van der Waals surface area contributed by atoms with E-state index in [1.807, 2.05) is 18.2 Å². The summed E-state index contributed by atoms with van der Waals surface area (Å²) in [6.45, 7) is 0. The number of hydrogen-bond donors (Lipinski definition) is 1. The molecule has 0 bridgehead atoms. The van der Waals surface area contributed by atoms with E-state index in [1.54, 1.807) is 0 Å². The highest BCUT2D eigenvalue weighted by molar-refractivity contribution is 6.00. The summed E-state index contributed by atoms with van der Waals surface area (Å²) in [4.78, 5) is 21.5. The van der Waals surface area contributed by atoms with Gasteiger partial charge in [0.05, 0.1) is 0 Å². The first-order valence-electron chi connectivity index (χ1n) is 6.32. The molecule has 1 rings (SSSR count). The van der Waals surface area contributed by atoms with Crippen molar-refractivity contribution in [2.45, 2.75) is 51.4 Å². The van der Waals surface area contributed by atoms with E-state index in [1.165, 1.54) is 0 Å². The second-order valence-electron chi connectivity index (χ2n) is 4.37. The summed E-state index contributed by atoms with van der Waals surface area (Å²) < 4.78 is 0. The Morgan fingerprint density at radius 2 is 2.06 bits per heavy atom. The van der Waals surface area contributed by atoms with Gasteiger partial charge in [0, 0.05) is 18.4 Å². The third-order valence-corrected chi connectivity index (χ3v) is 2.87. The van der Waals surface area contributed by atoms with Crippen LogP contribution in [0.15, 0.2) is 23.8 Å². The first-order chi connectivity index (χ1) is 8.20. The van der Waals surface area contributed by atoms with E-state index < -0.39 is 5.97 Å². The molecule has 0 unspecified atom stereocenters. The molecular weight excluding hydrogens is 216 g/mol. The summed E-state index contributed by atoms with van der Waals surface area (Å²) >= 11 is 0. The van der Waals surface area contributed by atoms with E-state index >= 15 is 0 Å². The summed E-state index contributed by atoms with van der Waals surface area (Å²) in [6, 6.07) is 0. The third kappa shape index (κ3) is 6.05. The lowest BCUT2D eigenvalue weighted by Crippen LogP contribution is -1.93. The summed E-state index contributed by atoms with van der Waals surface area (Å²) in [7, 11) is 0. The molecule has 0 aromatic rings. The summed E-state index contributed by atoms with van der Waals surface area (Å²) in [6.07, 6.45) is 12.6. The number of unbranched alkanes of at least 4 members (excludes halogenated alkanes) is 4. The van der Waals surface area contributed by atoms with Crippen LogP contribution in [-0.2, 0) is 9.59 Å². The molecule has 0 amide bonds. The Kier molecular flexibility index (Phi) is 6.30. The van der Waals surface area contributed by atoms with E-state index in [9.17, 15) is 9.59 Å². The summed E-state index contributed by atoms with van der Waals surface area (Å²) in [5.74, 6) is -0.459. The molecule has 1 aliphatic rings. The molecule has 0 saturated heterocycles. The molecule has 3 nitrogen and oxygen atoms in total. The van der Waals surface area contributed by atoms with Crippen molar-refractivity contribution in [1.82, 2.24) is 0 Å². The Hall–Kier alpha value is -1.38.